The van der Waals surface area contributed by atoms with Crippen molar-refractivity contribution in [3.63, 3.8) is 0 Å². The third-order valence-corrected chi connectivity index (χ3v) is 5.01. The molecule has 1 aliphatic rings. The van der Waals surface area contributed by atoms with Gasteiger partial charge in [-0.2, -0.15) is 0 Å². The highest BCUT2D eigenvalue weighted by molar-refractivity contribution is 5.94. The van der Waals surface area contributed by atoms with Crippen LogP contribution in [-0.4, -0.2) is 52.9 Å². The Morgan fingerprint density at radius 2 is 1.88 bits per heavy atom. The Morgan fingerprint density at radius 1 is 1.09 bits per heavy atom. The molecule has 0 bridgehead atoms. The molecule has 1 amide bonds. The molecule has 0 aliphatic carbocycles. The standard InChI is InChI=1S/C25H26N4O5/c1-15-7-6-8-19(27-15)20-12-18(16-11-17(14-26-13-16)23(30)32-5)21-22(28-20)29(9-10-33-21)24(31)34-25(2,3)4/h6-8,11-14H,9-10H2,1-5H3. The maximum absolute atomic E-state index is 13.0. The molecule has 176 valence electrons. The van der Waals surface area contributed by atoms with Crippen LogP contribution in [0, 0.1) is 6.92 Å². The molecule has 0 radical (unpaired) electrons. The lowest BCUT2D eigenvalue weighted by atomic mass is 10.0. The lowest BCUT2D eigenvalue weighted by molar-refractivity contribution is 0.0564. The van der Waals surface area contributed by atoms with E-state index in [0.29, 0.717) is 39.6 Å². The number of aromatic nitrogens is 3. The zero-order valence-corrected chi connectivity index (χ0v) is 19.8. The Kier molecular flexibility index (Phi) is 6.19. The molecule has 9 heteroatoms. The summed E-state index contributed by atoms with van der Waals surface area (Å²) >= 11 is 0. The first-order chi connectivity index (χ1) is 16.2. The van der Waals surface area contributed by atoms with Crippen molar-refractivity contribution in [3.05, 3.63) is 54.0 Å². The van der Waals surface area contributed by atoms with Crippen LogP contribution in [0.1, 0.15) is 36.8 Å². The molecule has 3 aromatic rings. The van der Waals surface area contributed by atoms with Gasteiger partial charge in [-0.15, -0.1) is 0 Å². The van der Waals surface area contributed by atoms with Crippen molar-refractivity contribution in [2.45, 2.75) is 33.3 Å². The second-order valence-corrected chi connectivity index (χ2v) is 8.81. The number of nitrogens with zero attached hydrogens (tertiary/aromatic N) is 4. The summed E-state index contributed by atoms with van der Waals surface area (Å²) in [5.41, 5.74) is 2.85. The predicted octanol–water partition coefficient (Wildman–Crippen LogP) is 4.43. The van der Waals surface area contributed by atoms with Gasteiger partial charge in [-0.1, -0.05) is 6.07 Å². The lowest BCUT2D eigenvalue weighted by Crippen LogP contribution is -2.42. The summed E-state index contributed by atoms with van der Waals surface area (Å²) in [4.78, 5) is 40.1. The van der Waals surface area contributed by atoms with E-state index < -0.39 is 17.7 Å². The fourth-order valence-corrected chi connectivity index (χ4v) is 3.53. The highest BCUT2D eigenvalue weighted by Gasteiger charge is 2.32. The van der Waals surface area contributed by atoms with Gasteiger partial charge in [0.1, 0.15) is 12.2 Å². The zero-order chi connectivity index (χ0) is 24.5. The molecule has 0 atom stereocenters. The molecule has 0 saturated heterocycles. The first kappa shape index (κ1) is 23.2. The van der Waals surface area contributed by atoms with Crippen LogP contribution in [0.3, 0.4) is 0 Å². The summed E-state index contributed by atoms with van der Waals surface area (Å²) in [5, 5.41) is 0. The van der Waals surface area contributed by atoms with Crippen molar-refractivity contribution in [2.75, 3.05) is 25.2 Å². The summed E-state index contributed by atoms with van der Waals surface area (Å²) in [5.74, 6) is 0.214. The number of carbonyl (C=O) groups excluding carboxylic acids is 2. The van der Waals surface area contributed by atoms with Crippen LogP contribution in [0.15, 0.2) is 42.7 Å². The van der Waals surface area contributed by atoms with Crippen LogP contribution in [0.2, 0.25) is 0 Å². The highest BCUT2D eigenvalue weighted by atomic mass is 16.6. The Morgan fingerprint density at radius 3 is 2.59 bits per heavy atom. The smallest absolute Gasteiger partial charge is 0.416 e. The molecule has 9 nitrogen and oxygen atoms in total. The highest BCUT2D eigenvalue weighted by Crippen LogP contribution is 2.42. The van der Waals surface area contributed by atoms with Crippen molar-refractivity contribution >= 4 is 17.9 Å². The number of hydrogen-bond acceptors (Lipinski definition) is 8. The molecule has 4 rings (SSSR count). The van der Waals surface area contributed by atoms with Crippen molar-refractivity contribution in [2.24, 2.45) is 0 Å². The third kappa shape index (κ3) is 4.83. The average molecular weight is 463 g/mol. The van der Waals surface area contributed by atoms with Crippen LogP contribution in [0.25, 0.3) is 22.5 Å². The van der Waals surface area contributed by atoms with E-state index in [1.54, 1.807) is 12.3 Å². The number of hydrogen-bond donors (Lipinski definition) is 0. The van der Waals surface area contributed by atoms with Gasteiger partial charge in [0.25, 0.3) is 0 Å². The van der Waals surface area contributed by atoms with Gasteiger partial charge in [0.05, 0.1) is 30.6 Å². The molecule has 0 saturated carbocycles. The van der Waals surface area contributed by atoms with Crippen LogP contribution < -0.4 is 9.64 Å². The molecule has 0 N–H and O–H groups in total. The topological polar surface area (TPSA) is 104 Å². The largest absolute Gasteiger partial charge is 0.487 e. The summed E-state index contributed by atoms with van der Waals surface area (Å²) in [6.07, 6.45) is 2.52. The van der Waals surface area contributed by atoms with E-state index in [9.17, 15) is 9.59 Å². The number of pyridine rings is 3. The van der Waals surface area contributed by atoms with Gasteiger partial charge in [-0.05, 0) is 52.0 Å². The van der Waals surface area contributed by atoms with Crippen LogP contribution in [-0.2, 0) is 9.47 Å². The van der Waals surface area contributed by atoms with E-state index >= 15 is 0 Å². The van der Waals surface area contributed by atoms with E-state index in [0.717, 1.165) is 5.69 Å². The molecule has 1 aliphatic heterocycles. The van der Waals surface area contributed by atoms with Crippen LogP contribution in [0.5, 0.6) is 5.75 Å². The Labute approximate surface area is 197 Å². The summed E-state index contributed by atoms with van der Waals surface area (Å²) in [6, 6.07) is 9.10. The number of methoxy groups -OCH3 is 1. The molecule has 3 aromatic heterocycles. The molecule has 34 heavy (non-hydrogen) atoms. The number of fused-ring (bicyclic) bond motifs is 1. The van der Waals surface area contributed by atoms with Crippen molar-refractivity contribution in [1.82, 2.24) is 15.0 Å². The van der Waals surface area contributed by atoms with Gasteiger partial charge in [-0.25, -0.2) is 14.6 Å². The Hall–Kier alpha value is -4.01. The van der Waals surface area contributed by atoms with E-state index in [1.165, 1.54) is 18.2 Å². The second kappa shape index (κ2) is 9.09. The number of carbonyl (C=O) groups is 2. The minimum Gasteiger partial charge on any atom is -0.487 e. The Bertz CT molecular complexity index is 1250. The summed E-state index contributed by atoms with van der Waals surface area (Å²) in [6.45, 7) is 7.85. The molecule has 0 aromatic carbocycles. The van der Waals surface area contributed by atoms with Gasteiger partial charge in [0, 0.05) is 29.2 Å². The third-order valence-electron chi connectivity index (χ3n) is 5.01. The predicted molar refractivity (Wildman–Crippen MR) is 126 cm³/mol. The van der Waals surface area contributed by atoms with Crippen molar-refractivity contribution in [1.29, 1.82) is 0 Å². The molecule has 4 heterocycles. The number of esters is 1. The minimum absolute atomic E-state index is 0.257. The molecular weight excluding hydrogens is 436 g/mol. The number of rotatable bonds is 3. The van der Waals surface area contributed by atoms with E-state index in [-0.39, 0.29) is 13.2 Å². The van der Waals surface area contributed by atoms with Gasteiger partial charge >= 0.3 is 12.1 Å². The quantitative estimate of drug-likeness (QED) is 0.527. The monoisotopic (exact) mass is 462 g/mol. The fraction of sp³-hybridized carbons (Fsp3) is 0.320. The number of ether oxygens (including phenoxy) is 3. The van der Waals surface area contributed by atoms with Gasteiger partial charge in [-0.3, -0.25) is 14.9 Å². The zero-order valence-electron chi connectivity index (χ0n) is 19.8. The van der Waals surface area contributed by atoms with Crippen molar-refractivity contribution in [3.8, 4) is 28.3 Å². The molecular formula is C25H26N4O5. The van der Waals surface area contributed by atoms with E-state index in [4.69, 9.17) is 19.2 Å². The first-order valence-corrected chi connectivity index (χ1v) is 10.8. The van der Waals surface area contributed by atoms with Gasteiger partial charge in [0.15, 0.2) is 11.6 Å². The molecule has 0 unspecified atom stereocenters. The molecule has 0 fully saturated rings. The van der Waals surface area contributed by atoms with Crippen LogP contribution in [0.4, 0.5) is 10.6 Å². The summed E-state index contributed by atoms with van der Waals surface area (Å²) < 4.78 is 16.4. The summed E-state index contributed by atoms with van der Waals surface area (Å²) in [7, 11) is 1.31. The maximum atomic E-state index is 13.0. The number of anilines is 1. The van der Waals surface area contributed by atoms with Crippen molar-refractivity contribution < 1.29 is 23.8 Å². The van der Waals surface area contributed by atoms with Gasteiger partial charge < -0.3 is 14.2 Å². The average Bonchev–Trinajstić information content (AvgIpc) is 2.81. The fourth-order valence-electron chi connectivity index (χ4n) is 3.53. The SMILES string of the molecule is COC(=O)c1cncc(-c2cc(-c3cccc(C)n3)nc3c2OCCN3C(=O)OC(C)(C)C)c1. The van der Waals surface area contributed by atoms with E-state index in [1.807, 2.05) is 52.0 Å². The second-order valence-electron chi connectivity index (χ2n) is 8.81. The van der Waals surface area contributed by atoms with Gasteiger partial charge in [0.2, 0.25) is 0 Å². The normalized spacial score (nSPS) is 13.0. The maximum Gasteiger partial charge on any atom is 0.416 e. The minimum atomic E-state index is -0.674. The lowest BCUT2D eigenvalue weighted by Gasteiger charge is -2.32. The van der Waals surface area contributed by atoms with E-state index in [2.05, 4.69) is 9.97 Å². The number of amides is 1. The Balaban J connectivity index is 1.91. The number of aryl methyl sites for hydroxylation is 1. The molecule has 0 spiro atoms. The van der Waals surface area contributed by atoms with Crippen LogP contribution >= 0.6 is 0 Å². The first-order valence-electron chi connectivity index (χ1n) is 10.8.